The summed E-state index contributed by atoms with van der Waals surface area (Å²) in [6, 6.07) is 12.5. The van der Waals surface area contributed by atoms with E-state index in [-0.39, 0.29) is 24.5 Å². The Kier molecular flexibility index (Phi) is 5.85. The van der Waals surface area contributed by atoms with Crippen LogP contribution in [0.25, 0.3) is 5.76 Å². The van der Waals surface area contributed by atoms with Crippen molar-refractivity contribution in [1.82, 2.24) is 4.90 Å². The van der Waals surface area contributed by atoms with Crippen LogP contribution in [0.15, 0.2) is 54.1 Å². The first-order valence-electron chi connectivity index (χ1n) is 8.22. The van der Waals surface area contributed by atoms with Crippen LogP contribution in [0.4, 0.5) is 0 Å². The van der Waals surface area contributed by atoms with E-state index in [0.717, 1.165) is 0 Å². The Morgan fingerprint density at radius 3 is 2.15 bits per heavy atom. The summed E-state index contributed by atoms with van der Waals surface area (Å²) < 4.78 is 5.06. The maximum atomic E-state index is 12.7. The molecule has 1 unspecified atom stereocenters. The number of ether oxygens (including phenoxy) is 1. The maximum Gasteiger partial charge on any atom is 0.295 e. The molecule has 1 aliphatic heterocycles. The highest BCUT2D eigenvalue weighted by molar-refractivity contribution is 6.46. The predicted octanol–water partition coefficient (Wildman–Crippen LogP) is 4.06. The molecule has 1 amide bonds. The van der Waals surface area contributed by atoms with Crippen LogP contribution >= 0.6 is 23.2 Å². The van der Waals surface area contributed by atoms with Crippen molar-refractivity contribution in [3.8, 4) is 0 Å². The smallest absolute Gasteiger partial charge is 0.295 e. The lowest BCUT2D eigenvalue weighted by atomic mass is 9.95. The van der Waals surface area contributed by atoms with Crippen LogP contribution in [0.2, 0.25) is 10.0 Å². The van der Waals surface area contributed by atoms with Gasteiger partial charge in [0.2, 0.25) is 0 Å². The molecule has 0 aromatic heterocycles. The van der Waals surface area contributed by atoms with Gasteiger partial charge in [-0.1, -0.05) is 35.3 Å². The number of benzene rings is 2. The minimum atomic E-state index is -0.737. The van der Waals surface area contributed by atoms with E-state index in [1.165, 1.54) is 12.0 Å². The molecule has 1 fully saturated rings. The van der Waals surface area contributed by atoms with Gasteiger partial charge in [0, 0.05) is 29.3 Å². The first-order chi connectivity index (χ1) is 12.9. The van der Waals surface area contributed by atoms with E-state index >= 15 is 0 Å². The van der Waals surface area contributed by atoms with Crippen LogP contribution in [-0.4, -0.2) is 42.0 Å². The molecule has 5 nitrogen and oxygen atoms in total. The SMILES string of the molecule is COCCN1C(=O)C(=O)C(=C(O)c2ccc(Cl)cc2)C1c1ccc(Cl)cc1. The van der Waals surface area contributed by atoms with E-state index < -0.39 is 17.7 Å². The van der Waals surface area contributed by atoms with Crippen molar-refractivity contribution in [2.75, 3.05) is 20.3 Å². The van der Waals surface area contributed by atoms with Gasteiger partial charge in [-0.2, -0.15) is 0 Å². The summed E-state index contributed by atoms with van der Waals surface area (Å²) in [6.45, 7) is 0.476. The number of aliphatic hydroxyl groups excluding tert-OH is 1. The van der Waals surface area contributed by atoms with Crippen LogP contribution in [0.1, 0.15) is 17.2 Å². The number of halogens is 2. The number of nitrogens with zero attached hydrogens (tertiary/aromatic N) is 1. The fourth-order valence-corrected chi connectivity index (χ4v) is 3.31. The number of amides is 1. The monoisotopic (exact) mass is 405 g/mol. The number of aliphatic hydroxyl groups is 1. The number of ketones is 1. The number of likely N-dealkylation sites (tertiary alicyclic amines) is 1. The Balaban J connectivity index is 2.14. The average Bonchev–Trinajstić information content (AvgIpc) is 2.91. The van der Waals surface area contributed by atoms with Crippen molar-refractivity contribution < 1.29 is 19.4 Å². The van der Waals surface area contributed by atoms with Crippen LogP contribution < -0.4 is 0 Å². The zero-order valence-corrected chi connectivity index (χ0v) is 16.0. The first kappa shape index (κ1) is 19.4. The summed E-state index contributed by atoms with van der Waals surface area (Å²) in [5.74, 6) is -1.66. The summed E-state index contributed by atoms with van der Waals surface area (Å²) >= 11 is 11.9. The second-order valence-corrected chi connectivity index (χ2v) is 6.92. The van der Waals surface area contributed by atoms with E-state index in [4.69, 9.17) is 27.9 Å². The summed E-state index contributed by atoms with van der Waals surface area (Å²) in [6.07, 6.45) is 0. The van der Waals surface area contributed by atoms with Crippen molar-refractivity contribution in [2.24, 2.45) is 0 Å². The number of hydrogen-bond donors (Lipinski definition) is 1. The van der Waals surface area contributed by atoms with Crippen molar-refractivity contribution in [3.63, 3.8) is 0 Å². The van der Waals surface area contributed by atoms with Crippen molar-refractivity contribution >= 4 is 40.7 Å². The number of carbonyl (C=O) groups excluding carboxylic acids is 2. The second kappa shape index (κ2) is 8.13. The van der Waals surface area contributed by atoms with Gasteiger partial charge in [0.05, 0.1) is 18.2 Å². The van der Waals surface area contributed by atoms with Gasteiger partial charge in [-0.3, -0.25) is 9.59 Å². The molecule has 0 bridgehead atoms. The molecule has 2 aromatic carbocycles. The third-order valence-electron chi connectivity index (χ3n) is 4.38. The van der Waals surface area contributed by atoms with Gasteiger partial charge in [0.15, 0.2) is 0 Å². The van der Waals surface area contributed by atoms with Crippen LogP contribution in [0, 0.1) is 0 Å². The van der Waals surface area contributed by atoms with Crippen molar-refractivity contribution in [3.05, 3.63) is 75.3 Å². The molecule has 1 heterocycles. The lowest BCUT2D eigenvalue weighted by molar-refractivity contribution is -0.140. The quantitative estimate of drug-likeness (QED) is 0.462. The molecule has 3 rings (SSSR count). The lowest BCUT2D eigenvalue weighted by Gasteiger charge is -2.25. The fourth-order valence-electron chi connectivity index (χ4n) is 3.06. The standard InChI is InChI=1S/C20H17Cl2NO4/c1-27-11-10-23-17(12-2-6-14(21)7-3-12)16(19(25)20(23)26)18(24)13-4-8-15(22)9-5-13/h2-9,17,24H,10-11H2,1H3. The summed E-state index contributed by atoms with van der Waals surface area (Å²) in [5, 5.41) is 11.8. The molecule has 2 aromatic rings. The molecule has 0 spiro atoms. The second-order valence-electron chi connectivity index (χ2n) is 6.04. The molecule has 1 atom stereocenters. The third-order valence-corrected chi connectivity index (χ3v) is 4.88. The molecule has 0 aliphatic carbocycles. The van der Waals surface area contributed by atoms with Crippen LogP contribution in [0.3, 0.4) is 0 Å². The van der Waals surface area contributed by atoms with Crippen LogP contribution in [0.5, 0.6) is 0 Å². The molecule has 0 radical (unpaired) electrons. The molecule has 140 valence electrons. The minimum absolute atomic E-state index is 0.0285. The largest absolute Gasteiger partial charge is 0.507 e. The fraction of sp³-hybridized carbons (Fsp3) is 0.200. The Labute approximate surface area is 166 Å². The molecule has 0 saturated carbocycles. The molecule has 27 heavy (non-hydrogen) atoms. The van der Waals surface area contributed by atoms with Gasteiger partial charge in [-0.15, -0.1) is 0 Å². The first-order valence-corrected chi connectivity index (χ1v) is 8.98. The van der Waals surface area contributed by atoms with Crippen molar-refractivity contribution in [1.29, 1.82) is 0 Å². The van der Waals surface area contributed by atoms with E-state index in [1.54, 1.807) is 48.5 Å². The zero-order valence-electron chi connectivity index (χ0n) is 14.5. The summed E-state index contributed by atoms with van der Waals surface area (Å²) in [5.41, 5.74) is 1.11. The third kappa shape index (κ3) is 3.86. The van der Waals surface area contributed by atoms with Gasteiger partial charge < -0.3 is 14.7 Å². The van der Waals surface area contributed by atoms with Gasteiger partial charge >= 0.3 is 0 Å². The molecular weight excluding hydrogens is 389 g/mol. The number of Topliss-reactive ketones (excluding diaryl/α,β-unsaturated/α-hetero) is 1. The van der Waals surface area contributed by atoms with Gasteiger partial charge in [-0.05, 0) is 42.0 Å². The summed E-state index contributed by atoms with van der Waals surface area (Å²) in [7, 11) is 1.52. The highest BCUT2D eigenvalue weighted by atomic mass is 35.5. The predicted molar refractivity (Wildman–Crippen MR) is 104 cm³/mol. The molecular formula is C20H17Cl2NO4. The molecule has 7 heteroatoms. The van der Waals surface area contributed by atoms with Crippen LogP contribution in [-0.2, 0) is 14.3 Å². The van der Waals surface area contributed by atoms with E-state index in [0.29, 0.717) is 21.2 Å². The number of methoxy groups -OCH3 is 1. The maximum absolute atomic E-state index is 12.7. The summed E-state index contributed by atoms with van der Waals surface area (Å²) in [4.78, 5) is 26.7. The van der Waals surface area contributed by atoms with Gasteiger partial charge in [0.1, 0.15) is 5.76 Å². The highest BCUT2D eigenvalue weighted by Gasteiger charge is 2.45. The Bertz CT molecular complexity index is 891. The molecule has 1 aliphatic rings. The highest BCUT2D eigenvalue weighted by Crippen LogP contribution is 2.39. The van der Waals surface area contributed by atoms with E-state index in [2.05, 4.69) is 0 Å². The van der Waals surface area contributed by atoms with Gasteiger partial charge in [0.25, 0.3) is 11.7 Å². The Morgan fingerprint density at radius 2 is 1.59 bits per heavy atom. The van der Waals surface area contributed by atoms with Gasteiger partial charge in [-0.25, -0.2) is 0 Å². The number of rotatable bonds is 5. The zero-order chi connectivity index (χ0) is 19.6. The topological polar surface area (TPSA) is 66.8 Å². The lowest BCUT2D eigenvalue weighted by Crippen LogP contribution is -2.32. The normalized spacial score (nSPS) is 18.9. The number of hydrogen-bond acceptors (Lipinski definition) is 4. The molecule has 1 saturated heterocycles. The molecule has 1 N–H and O–H groups in total. The van der Waals surface area contributed by atoms with Crippen molar-refractivity contribution in [2.45, 2.75) is 6.04 Å². The van der Waals surface area contributed by atoms with E-state index in [9.17, 15) is 14.7 Å². The minimum Gasteiger partial charge on any atom is -0.507 e. The number of carbonyl (C=O) groups is 2. The average molecular weight is 406 g/mol. The Morgan fingerprint density at radius 1 is 1.04 bits per heavy atom. The Hall–Kier alpha value is -2.34. The van der Waals surface area contributed by atoms with E-state index in [1.807, 2.05) is 0 Å².